The lowest BCUT2D eigenvalue weighted by molar-refractivity contribution is -0.142. The molecule has 0 aromatic heterocycles. The highest BCUT2D eigenvalue weighted by atomic mass is 16.6. The Morgan fingerprint density at radius 2 is 2.00 bits per heavy atom. The van der Waals surface area contributed by atoms with Crippen molar-refractivity contribution >= 4 is 11.8 Å². The van der Waals surface area contributed by atoms with Crippen molar-refractivity contribution in [2.45, 2.75) is 70.8 Å². The normalized spacial score (nSPS) is 27.1. The minimum absolute atomic E-state index is 0.0971. The Hall–Kier alpha value is -1.40. The molecule has 0 heterocycles. The number of allylic oxidation sites excluding steroid dienone is 2. The van der Waals surface area contributed by atoms with Gasteiger partial charge in [0, 0.05) is 12.1 Å². The fraction of sp³-hybridized carbons (Fsp3) is 0.800. The predicted molar refractivity (Wildman–Crippen MR) is 97.9 cm³/mol. The van der Waals surface area contributed by atoms with Gasteiger partial charge in [0.25, 0.3) is 0 Å². The molecule has 0 bridgehead atoms. The summed E-state index contributed by atoms with van der Waals surface area (Å²) >= 11 is 0. The number of aliphatic hydroxyl groups is 1. The van der Waals surface area contributed by atoms with E-state index in [0.717, 1.165) is 25.0 Å². The van der Waals surface area contributed by atoms with Gasteiger partial charge in [-0.25, -0.2) is 0 Å². The number of Topliss-reactive ketones (excluding diaryl/α,β-unsaturated/α-hetero) is 1. The average molecular weight is 367 g/mol. The number of esters is 1. The second-order valence-corrected chi connectivity index (χ2v) is 7.47. The first kappa shape index (κ1) is 20.9. The third-order valence-electron chi connectivity index (χ3n) is 5.53. The van der Waals surface area contributed by atoms with E-state index >= 15 is 0 Å². The molecule has 1 saturated carbocycles. The number of unbranched alkanes of at least 4 members (excludes halogenated alkanes) is 4. The van der Waals surface area contributed by atoms with Gasteiger partial charge in [0.1, 0.15) is 5.78 Å². The monoisotopic (exact) mass is 367 g/mol. The van der Waals surface area contributed by atoms with E-state index in [0.29, 0.717) is 18.8 Å². The van der Waals surface area contributed by atoms with Crippen molar-refractivity contribution in [1.82, 2.24) is 5.48 Å². The number of methoxy groups -OCH3 is 1. The maximum atomic E-state index is 12.6. The maximum Gasteiger partial charge on any atom is 0.307 e. The number of carbonyl (C=O) groups is 2. The van der Waals surface area contributed by atoms with E-state index < -0.39 is 6.10 Å². The summed E-state index contributed by atoms with van der Waals surface area (Å²) in [5, 5.41) is 10.3. The predicted octanol–water partition coefficient (Wildman–Crippen LogP) is 2.90. The molecule has 2 aliphatic carbocycles. The van der Waals surface area contributed by atoms with Gasteiger partial charge in [-0.2, -0.15) is 0 Å². The fourth-order valence-electron chi connectivity index (χ4n) is 4.16. The van der Waals surface area contributed by atoms with Crippen LogP contribution in [0, 0.1) is 17.8 Å². The zero-order chi connectivity index (χ0) is 18.9. The van der Waals surface area contributed by atoms with Crippen LogP contribution in [0.15, 0.2) is 11.8 Å². The lowest BCUT2D eigenvalue weighted by atomic mass is 9.86. The van der Waals surface area contributed by atoms with Crippen molar-refractivity contribution in [1.29, 1.82) is 0 Å². The zero-order valence-electron chi connectivity index (χ0n) is 16.0. The highest BCUT2D eigenvalue weighted by Crippen LogP contribution is 2.46. The number of hydrogen-bond acceptors (Lipinski definition) is 6. The standard InChI is InChI=1S/C20H33NO5/c1-3-4-5-6-7-8-17(22)20-16-13-15(11-14(16)12-18(20)23)21-26-10-9-19(24)25-2/h13-14,16,18,20-21,23H,3-12H2,1-2H3/t14-,16-,18+,20-/m1/s1. The van der Waals surface area contributed by atoms with Gasteiger partial charge in [0.2, 0.25) is 0 Å². The number of rotatable bonds is 12. The molecule has 0 aromatic rings. The van der Waals surface area contributed by atoms with Gasteiger partial charge in [0.15, 0.2) is 0 Å². The summed E-state index contributed by atoms with van der Waals surface area (Å²) in [6.45, 7) is 2.42. The quantitative estimate of drug-likeness (QED) is 0.313. The second kappa shape index (κ2) is 10.7. The highest BCUT2D eigenvalue weighted by Gasteiger charge is 2.47. The van der Waals surface area contributed by atoms with E-state index in [2.05, 4.69) is 17.1 Å². The third kappa shape index (κ3) is 5.81. The summed E-state index contributed by atoms with van der Waals surface area (Å²) in [6.07, 6.45) is 9.34. The molecule has 4 atom stereocenters. The number of hydroxylamine groups is 1. The van der Waals surface area contributed by atoms with Crippen molar-refractivity contribution in [2.75, 3.05) is 13.7 Å². The first-order chi connectivity index (χ1) is 12.6. The van der Waals surface area contributed by atoms with E-state index in [1.54, 1.807) is 0 Å². The lowest BCUT2D eigenvalue weighted by Crippen LogP contribution is -2.27. The molecule has 6 nitrogen and oxygen atoms in total. The SMILES string of the molecule is CCCCCCCC(=O)[C@H]1[C@@H]2C=C(NOCCC(=O)OC)C[C@@H]2C[C@@H]1O. The molecule has 6 heteroatoms. The molecule has 0 aliphatic heterocycles. The summed E-state index contributed by atoms with van der Waals surface area (Å²) in [4.78, 5) is 29.0. The topological polar surface area (TPSA) is 84.9 Å². The number of carbonyl (C=O) groups excluding carboxylic acids is 2. The van der Waals surface area contributed by atoms with E-state index in [1.807, 2.05) is 6.08 Å². The molecular weight excluding hydrogens is 334 g/mol. The molecule has 0 saturated heterocycles. The Morgan fingerprint density at radius 3 is 2.73 bits per heavy atom. The molecule has 0 amide bonds. The van der Waals surface area contributed by atoms with Gasteiger partial charge in [-0.1, -0.05) is 38.7 Å². The number of ketones is 1. The molecular formula is C20H33NO5. The van der Waals surface area contributed by atoms with E-state index in [1.165, 1.54) is 26.4 Å². The van der Waals surface area contributed by atoms with Crippen LogP contribution in [0.2, 0.25) is 0 Å². The Bertz CT molecular complexity index is 504. The van der Waals surface area contributed by atoms with Crippen LogP contribution in [-0.4, -0.2) is 36.7 Å². The number of aliphatic hydroxyl groups excluding tert-OH is 1. The number of nitrogens with one attached hydrogen (secondary N) is 1. The molecule has 1 fully saturated rings. The number of ether oxygens (including phenoxy) is 1. The van der Waals surface area contributed by atoms with Crippen molar-refractivity contribution < 1.29 is 24.3 Å². The molecule has 148 valence electrons. The highest BCUT2D eigenvalue weighted by molar-refractivity contribution is 5.82. The van der Waals surface area contributed by atoms with Crippen molar-refractivity contribution in [3.05, 3.63) is 11.8 Å². The minimum Gasteiger partial charge on any atom is -0.469 e. The largest absolute Gasteiger partial charge is 0.469 e. The summed E-state index contributed by atoms with van der Waals surface area (Å²) < 4.78 is 4.56. The molecule has 2 rings (SSSR count). The van der Waals surface area contributed by atoms with Gasteiger partial charge >= 0.3 is 5.97 Å². The van der Waals surface area contributed by atoms with E-state index in [9.17, 15) is 14.7 Å². The molecule has 2 aliphatic rings. The number of fused-ring (bicyclic) bond motifs is 1. The van der Waals surface area contributed by atoms with Gasteiger partial charge in [-0.15, -0.1) is 0 Å². The molecule has 26 heavy (non-hydrogen) atoms. The zero-order valence-corrected chi connectivity index (χ0v) is 16.0. The lowest BCUT2D eigenvalue weighted by Gasteiger charge is -2.18. The minimum atomic E-state index is -0.522. The smallest absolute Gasteiger partial charge is 0.307 e. The van der Waals surface area contributed by atoms with Gasteiger partial charge < -0.3 is 9.84 Å². The Labute approximate surface area is 156 Å². The third-order valence-corrected chi connectivity index (χ3v) is 5.53. The van der Waals surface area contributed by atoms with Crippen molar-refractivity contribution in [3.8, 4) is 0 Å². The molecule has 0 spiro atoms. The van der Waals surface area contributed by atoms with Crippen LogP contribution < -0.4 is 5.48 Å². The molecule has 0 radical (unpaired) electrons. The van der Waals surface area contributed by atoms with Crippen LogP contribution >= 0.6 is 0 Å². The first-order valence-corrected chi connectivity index (χ1v) is 9.92. The van der Waals surface area contributed by atoms with Crippen LogP contribution in [0.4, 0.5) is 0 Å². The van der Waals surface area contributed by atoms with Crippen molar-refractivity contribution in [3.63, 3.8) is 0 Å². The van der Waals surface area contributed by atoms with Crippen LogP contribution in [0.1, 0.15) is 64.7 Å². The van der Waals surface area contributed by atoms with Crippen molar-refractivity contribution in [2.24, 2.45) is 17.8 Å². The summed E-state index contributed by atoms with van der Waals surface area (Å²) in [5.41, 5.74) is 3.83. The Morgan fingerprint density at radius 1 is 1.23 bits per heavy atom. The number of hydrogen-bond donors (Lipinski definition) is 2. The maximum absolute atomic E-state index is 12.6. The molecule has 0 aromatic carbocycles. The van der Waals surface area contributed by atoms with Crippen LogP contribution in [-0.2, 0) is 19.2 Å². The summed E-state index contributed by atoms with van der Waals surface area (Å²) in [5.74, 6) is 0.00791. The van der Waals surface area contributed by atoms with Crippen LogP contribution in [0.3, 0.4) is 0 Å². The van der Waals surface area contributed by atoms with Crippen LogP contribution in [0.5, 0.6) is 0 Å². The van der Waals surface area contributed by atoms with Gasteiger partial charge in [-0.05, 0) is 31.1 Å². The Kier molecular flexibility index (Phi) is 8.59. The van der Waals surface area contributed by atoms with E-state index in [4.69, 9.17) is 4.84 Å². The van der Waals surface area contributed by atoms with Gasteiger partial charge in [-0.3, -0.25) is 19.9 Å². The molecule has 0 unspecified atom stereocenters. The average Bonchev–Trinajstić information content (AvgIpc) is 3.13. The summed E-state index contributed by atoms with van der Waals surface area (Å²) in [6, 6.07) is 0. The Balaban J connectivity index is 1.77. The second-order valence-electron chi connectivity index (χ2n) is 7.47. The van der Waals surface area contributed by atoms with Crippen LogP contribution in [0.25, 0.3) is 0 Å². The molecule has 2 N–H and O–H groups in total. The van der Waals surface area contributed by atoms with Gasteiger partial charge in [0.05, 0.1) is 32.2 Å². The summed E-state index contributed by atoms with van der Waals surface area (Å²) in [7, 11) is 1.35. The van der Waals surface area contributed by atoms with E-state index in [-0.39, 0.29) is 36.6 Å². The fourth-order valence-corrected chi connectivity index (χ4v) is 4.16. The first-order valence-electron chi connectivity index (χ1n) is 9.92.